The van der Waals surface area contributed by atoms with Crippen LogP contribution in [0.15, 0.2) is 89.6 Å². The zero-order valence-electron chi connectivity index (χ0n) is 15.1. The number of halogens is 1. The summed E-state index contributed by atoms with van der Waals surface area (Å²) in [6, 6.07) is 22.7. The summed E-state index contributed by atoms with van der Waals surface area (Å²) in [6.07, 6.45) is 1.63. The summed E-state index contributed by atoms with van der Waals surface area (Å²) in [5.41, 5.74) is 2.43. The Morgan fingerprint density at radius 3 is 2.24 bits per heavy atom. The minimum atomic E-state index is -1.00. The fourth-order valence-electron chi connectivity index (χ4n) is 3.04. The number of carboxylic acid groups (broad SMARTS) is 1. The van der Waals surface area contributed by atoms with E-state index in [1.165, 1.54) is 17.0 Å². The second-order valence-corrected chi connectivity index (χ2v) is 6.76. The van der Waals surface area contributed by atoms with Gasteiger partial charge in [0.1, 0.15) is 11.5 Å². The smallest absolute Gasteiger partial charge is 0.335 e. The van der Waals surface area contributed by atoms with E-state index in [-0.39, 0.29) is 17.2 Å². The molecule has 6 heteroatoms. The van der Waals surface area contributed by atoms with Crippen LogP contribution in [-0.4, -0.2) is 22.8 Å². The third-order valence-electron chi connectivity index (χ3n) is 4.45. The van der Waals surface area contributed by atoms with Gasteiger partial charge in [-0.15, -0.1) is 0 Å². The summed E-state index contributed by atoms with van der Waals surface area (Å²) in [5.74, 6) is -0.843. The first-order valence-corrected chi connectivity index (χ1v) is 9.20. The Morgan fingerprint density at radius 2 is 1.59 bits per heavy atom. The molecule has 0 aromatic heterocycles. The molecule has 0 aliphatic carbocycles. The van der Waals surface area contributed by atoms with E-state index in [9.17, 15) is 9.59 Å². The van der Waals surface area contributed by atoms with Gasteiger partial charge >= 0.3 is 5.97 Å². The van der Waals surface area contributed by atoms with Gasteiger partial charge in [0.05, 0.1) is 16.3 Å². The average Bonchev–Trinajstić information content (AvgIpc) is 3.05. The van der Waals surface area contributed by atoms with Gasteiger partial charge in [0.15, 0.2) is 0 Å². The Labute approximate surface area is 172 Å². The van der Waals surface area contributed by atoms with Gasteiger partial charge in [-0.1, -0.05) is 54.1 Å². The maximum Gasteiger partial charge on any atom is 0.335 e. The van der Waals surface area contributed by atoms with Crippen LogP contribution in [0.1, 0.15) is 21.5 Å². The van der Waals surface area contributed by atoms with Crippen molar-refractivity contribution >= 4 is 41.1 Å². The second-order valence-electron chi connectivity index (χ2n) is 6.35. The van der Waals surface area contributed by atoms with Gasteiger partial charge in [-0.3, -0.25) is 9.69 Å². The normalized spacial score (nSPS) is 14.9. The monoisotopic (exact) mass is 402 g/mol. The summed E-state index contributed by atoms with van der Waals surface area (Å²) in [7, 11) is 0. The highest BCUT2D eigenvalue weighted by Crippen LogP contribution is 2.30. The van der Waals surface area contributed by atoms with Crippen LogP contribution in [0.3, 0.4) is 0 Å². The standard InChI is InChI=1S/C23H15ClN2O3/c24-19-9-5-4-8-18(19)21-25-20(14-15-10-12-16(13-11-15)23(28)29)22(27)26(21)17-6-2-1-3-7-17/h1-14H,(H,28,29)/b20-14+. The number of hydrogen-bond acceptors (Lipinski definition) is 3. The molecule has 0 saturated carbocycles. The van der Waals surface area contributed by atoms with Crippen molar-refractivity contribution in [1.82, 2.24) is 0 Å². The summed E-state index contributed by atoms with van der Waals surface area (Å²) in [4.78, 5) is 30.3. The second kappa shape index (κ2) is 7.73. The molecule has 3 aromatic carbocycles. The maximum atomic E-state index is 13.2. The van der Waals surface area contributed by atoms with Gasteiger partial charge in [0, 0.05) is 5.56 Å². The van der Waals surface area contributed by atoms with Crippen LogP contribution in [0.2, 0.25) is 5.02 Å². The molecule has 0 bridgehead atoms. The number of aliphatic imine (C=N–C) groups is 1. The van der Waals surface area contributed by atoms with Gasteiger partial charge in [-0.2, -0.15) is 0 Å². The number of amides is 1. The summed E-state index contributed by atoms with van der Waals surface area (Å²) >= 11 is 6.37. The molecule has 0 fully saturated rings. The van der Waals surface area contributed by atoms with Gasteiger partial charge in [-0.25, -0.2) is 9.79 Å². The lowest BCUT2D eigenvalue weighted by Crippen LogP contribution is -2.32. The van der Waals surface area contributed by atoms with Crippen molar-refractivity contribution in [3.8, 4) is 0 Å². The molecule has 0 saturated heterocycles. The molecule has 1 heterocycles. The lowest BCUT2D eigenvalue weighted by atomic mass is 10.1. The number of nitrogens with zero attached hydrogens (tertiary/aromatic N) is 2. The minimum absolute atomic E-state index is 0.177. The third kappa shape index (κ3) is 3.68. The van der Waals surface area contributed by atoms with Crippen LogP contribution in [0.4, 0.5) is 5.69 Å². The van der Waals surface area contributed by atoms with Gasteiger partial charge in [-0.05, 0) is 48.0 Å². The highest BCUT2D eigenvalue weighted by Gasteiger charge is 2.33. The van der Waals surface area contributed by atoms with Crippen LogP contribution in [0, 0.1) is 0 Å². The zero-order valence-corrected chi connectivity index (χ0v) is 15.9. The lowest BCUT2D eigenvalue weighted by molar-refractivity contribution is -0.113. The van der Waals surface area contributed by atoms with Crippen LogP contribution in [0.5, 0.6) is 0 Å². The molecule has 1 N–H and O–H groups in total. The number of anilines is 1. The molecular formula is C23H15ClN2O3. The summed E-state index contributed by atoms with van der Waals surface area (Å²) in [6.45, 7) is 0. The number of carbonyl (C=O) groups excluding carboxylic acids is 1. The van der Waals surface area contributed by atoms with E-state index in [1.807, 2.05) is 48.5 Å². The van der Waals surface area contributed by atoms with Crippen molar-refractivity contribution in [2.24, 2.45) is 4.99 Å². The fraction of sp³-hybridized carbons (Fsp3) is 0. The maximum absolute atomic E-state index is 13.2. The Morgan fingerprint density at radius 1 is 0.931 bits per heavy atom. The summed E-state index contributed by atoms with van der Waals surface area (Å²) in [5, 5.41) is 9.53. The predicted octanol–water partition coefficient (Wildman–Crippen LogP) is 4.87. The third-order valence-corrected chi connectivity index (χ3v) is 4.78. The molecule has 0 unspecified atom stereocenters. The molecule has 0 spiro atoms. The number of benzene rings is 3. The van der Waals surface area contributed by atoms with E-state index >= 15 is 0 Å². The fourth-order valence-corrected chi connectivity index (χ4v) is 3.26. The molecule has 29 heavy (non-hydrogen) atoms. The number of para-hydroxylation sites is 1. The Hall–Kier alpha value is -3.70. The molecule has 5 nitrogen and oxygen atoms in total. The molecule has 142 valence electrons. The molecular weight excluding hydrogens is 388 g/mol. The van der Waals surface area contributed by atoms with E-state index in [2.05, 4.69) is 4.99 Å². The molecule has 3 aromatic rings. The molecule has 1 amide bonds. The SMILES string of the molecule is O=C(O)c1ccc(/C=C2/N=C(c3ccccc3Cl)N(c3ccccc3)C2=O)cc1. The highest BCUT2D eigenvalue weighted by atomic mass is 35.5. The van der Waals surface area contributed by atoms with E-state index in [0.29, 0.717) is 27.7 Å². The first kappa shape index (κ1) is 18.7. The van der Waals surface area contributed by atoms with E-state index in [4.69, 9.17) is 16.7 Å². The molecule has 4 rings (SSSR count). The van der Waals surface area contributed by atoms with Crippen molar-refractivity contribution < 1.29 is 14.7 Å². The number of aromatic carboxylic acids is 1. The van der Waals surface area contributed by atoms with Crippen molar-refractivity contribution in [3.05, 3.63) is 106 Å². The number of hydrogen-bond donors (Lipinski definition) is 1. The first-order valence-electron chi connectivity index (χ1n) is 8.83. The van der Waals surface area contributed by atoms with Crippen LogP contribution in [0.25, 0.3) is 6.08 Å². The number of rotatable bonds is 4. The quantitative estimate of drug-likeness (QED) is 0.633. The van der Waals surface area contributed by atoms with Crippen LogP contribution < -0.4 is 4.90 Å². The number of carboxylic acids is 1. The molecule has 1 aliphatic rings. The van der Waals surface area contributed by atoms with Crippen LogP contribution >= 0.6 is 11.6 Å². The van der Waals surface area contributed by atoms with E-state index < -0.39 is 5.97 Å². The van der Waals surface area contributed by atoms with Gasteiger partial charge in [0.2, 0.25) is 0 Å². The largest absolute Gasteiger partial charge is 0.478 e. The summed E-state index contributed by atoms with van der Waals surface area (Å²) < 4.78 is 0. The minimum Gasteiger partial charge on any atom is -0.478 e. The Bertz CT molecular complexity index is 1150. The Balaban J connectivity index is 1.80. The first-order chi connectivity index (χ1) is 14.0. The van der Waals surface area contributed by atoms with Crippen LogP contribution in [-0.2, 0) is 4.79 Å². The lowest BCUT2D eigenvalue weighted by Gasteiger charge is -2.19. The molecule has 0 atom stereocenters. The van der Waals surface area contributed by atoms with E-state index in [0.717, 1.165) is 0 Å². The zero-order chi connectivity index (χ0) is 20.4. The van der Waals surface area contributed by atoms with Crippen molar-refractivity contribution in [3.63, 3.8) is 0 Å². The Kier molecular flexibility index (Phi) is 4.97. The molecule has 0 radical (unpaired) electrons. The highest BCUT2D eigenvalue weighted by molar-refractivity contribution is 6.39. The van der Waals surface area contributed by atoms with Gasteiger partial charge < -0.3 is 5.11 Å². The number of amidine groups is 1. The van der Waals surface area contributed by atoms with Crippen molar-refractivity contribution in [2.75, 3.05) is 4.90 Å². The van der Waals surface area contributed by atoms with Crippen molar-refractivity contribution in [2.45, 2.75) is 0 Å². The molecule has 1 aliphatic heterocycles. The van der Waals surface area contributed by atoms with Crippen molar-refractivity contribution in [1.29, 1.82) is 0 Å². The average molecular weight is 403 g/mol. The topological polar surface area (TPSA) is 70.0 Å². The van der Waals surface area contributed by atoms with E-state index in [1.54, 1.807) is 24.3 Å². The van der Waals surface area contributed by atoms with Gasteiger partial charge in [0.25, 0.3) is 5.91 Å². The predicted molar refractivity (Wildman–Crippen MR) is 113 cm³/mol. The number of carbonyl (C=O) groups is 2.